The molecule has 0 aromatic heterocycles. The molecular weight excluding hydrogens is 519 g/mol. The van der Waals surface area contributed by atoms with E-state index in [9.17, 15) is 0 Å². The number of nitrogens with zero attached hydrogens (tertiary/aromatic N) is 2. The molecule has 0 spiro atoms. The Morgan fingerprint density at radius 1 is 1.23 bits per heavy atom. The topological polar surface area (TPSA) is 48.9 Å². The van der Waals surface area contributed by atoms with Crippen molar-refractivity contribution in [3.63, 3.8) is 0 Å². The van der Waals surface area contributed by atoms with Crippen LogP contribution in [0.1, 0.15) is 50.7 Å². The van der Waals surface area contributed by atoms with E-state index < -0.39 is 0 Å². The van der Waals surface area contributed by atoms with Gasteiger partial charge in [-0.2, -0.15) is 11.8 Å². The first-order chi connectivity index (χ1) is 14.6. The number of benzene rings is 1. The molecule has 1 aromatic rings. The Morgan fingerprint density at radius 2 is 1.97 bits per heavy atom. The van der Waals surface area contributed by atoms with E-state index in [0.29, 0.717) is 6.04 Å². The van der Waals surface area contributed by atoms with Crippen LogP contribution >= 0.6 is 35.7 Å². The molecule has 0 unspecified atom stereocenters. The monoisotopic (exact) mass is 560 g/mol. The summed E-state index contributed by atoms with van der Waals surface area (Å²) in [6, 6.07) is 9.39. The minimum atomic E-state index is 0. The van der Waals surface area contributed by atoms with Crippen molar-refractivity contribution in [3.8, 4) is 0 Å². The van der Waals surface area contributed by atoms with Gasteiger partial charge in [0.2, 0.25) is 0 Å². The van der Waals surface area contributed by atoms with Gasteiger partial charge in [-0.15, -0.1) is 24.0 Å². The largest absolute Gasteiger partial charge is 0.381 e. The zero-order valence-electron chi connectivity index (χ0n) is 19.5. The molecule has 31 heavy (non-hydrogen) atoms. The molecule has 2 aliphatic heterocycles. The molecule has 0 saturated carbocycles. The second-order valence-electron chi connectivity index (χ2n) is 8.61. The highest BCUT2D eigenvalue weighted by Crippen LogP contribution is 2.35. The number of guanidine groups is 1. The third kappa shape index (κ3) is 8.74. The van der Waals surface area contributed by atoms with E-state index in [0.717, 1.165) is 70.5 Å². The zero-order valence-corrected chi connectivity index (χ0v) is 22.6. The van der Waals surface area contributed by atoms with Crippen molar-refractivity contribution in [3.05, 3.63) is 35.4 Å². The molecule has 3 rings (SSSR count). The van der Waals surface area contributed by atoms with Crippen LogP contribution in [0.4, 0.5) is 0 Å². The number of aliphatic imine (C=N–C) groups is 1. The van der Waals surface area contributed by atoms with Crippen LogP contribution in [0.25, 0.3) is 0 Å². The van der Waals surface area contributed by atoms with Crippen LogP contribution in [0.15, 0.2) is 29.3 Å². The maximum atomic E-state index is 5.61. The van der Waals surface area contributed by atoms with Gasteiger partial charge < -0.3 is 15.4 Å². The fourth-order valence-electron chi connectivity index (χ4n) is 4.44. The maximum Gasteiger partial charge on any atom is 0.191 e. The van der Waals surface area contributed by atoms with E-state index in [1.165, 1.54) is 24.0 Å². The standard InChI is InChI=1S/C24H40N4OS.HI/c1-4-25-23(26-19-24(30-5-2)11-15-29-16-12-24)27-22-9-13-28(14-10-22)18-21-8-6-7-20(3)17-21;/h6-8,17,22H,4-5,9-16,18-19H2,1-3H3,(H2,25,26,27);1H. The van der Waals surface area contributed by atoms with Crippen LogP contribution in [0.3, 0.4) is 0 Å². The Bertz CT molecular complexity index is 668. The lowest BCUT2D eigenvalue weighted by molar-refractivity contribution is 0.0793. The van der Waals surface area contributed by atoms with Crippen molar-refractivity contribution in [2.24, 2.45) is 4.99 Å². The van der Waals surface area contributed by atoms with Gasteiger partial charge in [-0.3, -0.25) is 9.89 Å². The predicted octanol–water partition coefficient (Wildman–Crippen LogP) is 4.43. The van der Waals surface area contributed by atoms with Crippen molar-refractivity contribution < 1.29 is 4.74 Å². The summed E-state index contributed by atoms with van der Waals surface area (Å²) in [5.74, 6) is 2.12. The minimum Gasteiger partial charge on any atom is -0.381 e. The second-order valence-corrected chi connectivity index (χ2v) is 10.3. The van der Waals surface area contributed by atoms with Crippen molar-refractivity contribution >= 4 is 41.7 Å². The van der Waals surface area contributed by atoms with Crippen LogP contribution in [0.5, 0.6) is 0 Å². The first-order valence-corrected chi connectivity index (χ1v) is 12.7. The number of piperidine rings is 1. The lowest BCUT2D eigenvalue weighted by atomic mass is 9.99. The number of hydrogen-bond acceptors (Lipinski definition) is 4. The van der Waals surface area contributed by atoms with E-state index in [4.69, 9.17) is 9.73 Å². The number of ether oxygens (including phenoxy) is 1. The predicted molar refractivity (Wildman–Crippen MR) is 145 cm³/mol. The average Bonchev–Trinajstić information content (AvgIpc) is 2.75. The highest BCUT2D eigenvalue weighted by Gasteiger charge is 2.32. The van der Waals surface area contributed by atoms with Gasteiger partial charge in [0.25, 0.3) is 0 Å². The first-order valence-electron chi connectivity index (χ1n) is 11.7. The van der Waals surface area contributed by atoms with Gasteiger partial charge in [0.1, 0.15) is 0 Å². The second kappa shape index (κ2) is 13.9. The molecule has 2 heterocycles. The van der Waals surface area contributed by atoms with Gasteiger partial charge in [-0.05, 0) is 50.8 Å². The molecule has 0 aliphatic carbocycles. The molecule has 2 N–H and O–H groups in total. The average molecular weight is 561 g/mol. The highest BCUT2D eigenvalue weighted by atomic mass is 127. The molecule has 5 nitrogen and oxygen atoms in total. The molecule has 0 atom stereocenters. The van der Waals surface area contributed by atoms with E-state index in [-0.39, 0.29) is 28.7 Å². The Morgan fingerprint density at radius 3 is 2.61 bits per heavy atom. The smallest absolute Gasteiger partial charge is 0.191 e. The molecule has 176 valence electrons. The van der Waals surface area contributed by atoms with Gasteiger partial charge in [0.15, 0.2) is 5.96 Å². The van der Waals surface area contributed by atoms with Crippen molar-refractivity contribution in [2.75, 3.05) is 45.1 Å². The van der Waals surface area contributed by atoms with Crippen molar-refractivity contribution in [1.82, 2.24) is 15.5 Å². The van der Waals surface area contributed by atoms with Crippen molar-refractivity contribution in [2.45, 2.75) is 63.8 Å². The quantitative estimate of drug-likeness (QED) is 0.280. The number of rotatable bonds is 8. The number of halogens is 1. The summed E-state index contributed by atoms with van der Waals surface area (Å²) in [5, 5.41) is 7.19. The molecule has 2 fully saturated rings. The molecule has 2 aliphatic rings. The molecule has 2 saturated heterocycles. The van der Waals surface area contributed by atoms with E-state index in [1.54, 1.807) is 0 Å². The Balaban J connectivity index is 0.00000341. The zero-order chi connectivity index (χ0) is 21.2. The summed E-state index contributed by atoms with van der Waals surface area (Å²) in [5.41, 5.74) is 2.77. The summed E-state index contributed by atoms with van der Waals surface area (Å²) in [6.07, 6.45) is 4.54. The molecular formula is C24H41IN4OS. The number of hydrogen-bond donors (Lipinski definition) is 2. The van der Waals surface area contributed by atoms with Gasteiger partial charge >= 0.3 is 0 Å². The van der Waals surface area contributed by atoms with Crippen LogP contribution in [0.2, 0.25) is 0 Å². The third-order valence-corrected chi connectivity index (χ3v) is 7.58. The maximum absolute atomic E-state index is 5.61. The number of aryl methyl sites for hydroxylation is 1. The normalized spacial score (nSPS) is 20.2. The lowest BCUT2D eigenvalue weighted by Gasteiger charge is -2.36. The van der Waals surface area contributed by atoms with Crippen LogP contribution < -0.4 is 10.6 Å². The van der Waals surface area contributed by atoms with Gasteiger partial charge in [-0.1, -0.05) is 36.8 Å². The fourth-order valence-corrected chi connectivity index (χ4v) is 5.66. The number of nitrogens with one attached hydrogen (secondary N) is 2. The van der Waals surface area contributed by atoms with Crippen LogP contribution in [0, 0.1) is 6.92 Å². The molecule has 0 radical (unpaired) electrons. The summed E-state index contributed by atoms with van der Waals surface area (Å²) in [4.78, 5) is 7.60. The molecule has 0 bridgehead atoms. The molecule has 0 amide bonds. The van der Waals surface area contributed by atoms with Crippen LogP contribution in [-0.2, 0) is 11.3 Å². The summed E-state index contributed by atoms with van der Waals surface area (Å²) >= 11 is 2.06. The lowest BCUT2D eigenvalue weighted by Crippen LogP contribution is -2.49. The highest BCUT2D eigenvalue weighted by molar-refractivity contribution is 14.0. The van der Waals surface area contributed by atoms with Gasteiger partial charge in [-0.25, -0.2) is 0 Å². The van der Waals surface area contributed by atoms with Gasteiger partial charge in [0, 0.05) is 50.2 Å². The van der Waals surface area contributed by atoms with Crippen LogP contribution in [-0.4, -0.2) is 66.8 Å². The Hall–Kier alpha value is -0.510. The molecule has 7 heteroatoms. The molecule has 1 aromatic carbocycles. The van der Waals surface area contributed by atoms with Gasteiger partial charge in [0.05, 0.1) is 6.54 Å². The third-order valence-electron chi connectivity index (χ3n) is 6.14. The van der Waals surface area contributed by atoms with E-state index in [1.807, 2.05) is 0 Å². The Labute approximate surface area is 210 Å². The summed E-state index contributed by atoms with van der Waals surface area (Å²) in [6.45, 7) is 13.4. The SMILES string of the molecule is CCNC(=NCC1(SCC)CCOCC1)NC1CCN(Cc2cccc(C)c2)CC1.I. The first kappa shape index (κ1) is 26.7. The summed E-state index contributed by atoms with van der Waals surface area (Å²) < 4.78 is 5.85. The minimum absolute atomic E-state index is 0. The fraction of sp³-hybridized carbons (Fsp3) is 0.708. The van der Waals surface area contributed by atoms with E-state index >= 15 is 0 Å². The Kier molecular flexibility index (Phi) is 12.0. The van der Waals surface area contributed by atoms with E-state index in [2.05, 4.69) is 72.3 Å². The van der Waals surface area contributed by atoms with Crippen molar-refractivity contribution in [1.29, 1.82) is 0 Å². The number of likely N-dealkylation sites (tertiary alicyclic amines) is 1. The number of thioether (sulfide) groups is 1. The summed E-state index contributed by atoms with van der Waals surface area (Å²) in [7, 11) is 0.